The van der Waals surface area contributed by atoms with Gasteiger partial charge in [-0.05, 0) is 36.1 Å². The summed E-state index contributed by atoms with van der Waals surface area (Å²) < 4.78 is 0. The van der Waals surface area contributed by atoms with Crippen LogP contribution in [0.4, 0.5) is 5.69 Å². The minimum atomic E-state index is 0.178. The summed E-state index contributed by atoms with van der Waals surface area (Å²) in [6, 6.07) is 11.9. The molecule has 98 valence electrons. The van der Waals surface area contributed by atoms with E-state index in [9.17, 15) is 0 Å². The van der Waals surface area contributed by atoms with Crippen LogP contribution in [0, 0.1) is 0 Å². The van der Waals surface area contributed by atoms with Crippen LogP contribution in [0.2, 0.25) is 0 Å². The zero-order chi connectivity index (χ0) is 13.5. The van der Waals surface area contributed by atoms with E-state index in [4.69, 9.17) is 10.8 Å². The second-order valence-corrected chi connectivity index (χ2v) is 4.34. The zero-order valence-electron chi connectivity index (χ0n) is 10.8. The van der Waals surface area contributed by atoms with E-state index in [0.717, 1.165) is 29.7 Å². The van der Waals surface area contributed by atoms with E-state index in [0.29, 0.717) is 5.69 Å². The van der Waals surface area contributed by atoms with Gasteiger partial charge in [-0.3, -0.25) is 4.98 Å². The van der Waals surface area contributed by atoms with E-state index in [1.165, 1.54) is 0 Å². The number of nitrogens with two attached hydrogens (primary N) is 1. The Kier molecular flexibility index (Phi) is 4.70. The minimum Gasteiger partial charge on any atom is -0.397 e. The van der Waals surface area contributed by atoms with Crippen molar-refractivity contribution in [1.82, 2.24) is 4.98 Å². The molecule has 0 aliphatic heterocycles. The van der Waals surface area contributed by atoms with Crippen LogP contribution in [-0.4, -0.2) is 16.7 Å². The largest absolute Gasteiger partial charge is 0.397 e. The topological polar surface area (TPSA) is 59.1 Å². The normalized spacial score (nSPS) is 11.0. The monoisotopic (exact) mass is 254 g/mol. The van der Waals surface area contributed by atoms with Gasteiger partial charge in [0.2, 0.25) is 0 Å². The van der Waals surface area contributed by atoms with Crippen LogP contribution >= 0.6 is 0 Å². The van der Waals surface area contributed by atoms with Crippen molar-refractivity contribution in [3.63, 3.8) is 0 Å². The average Bonchev–Trinajstić information content (AvgIpc) is 2.46. The molecule has 0 aliphatic carbocycles. The van der Waals surface area contributed by atoms with E-state index < -0.39 is 0 Å². The van der Waals surface area contributed by atoms with Gasteiger partial charge in [0.25, 0.3) is 0 Å². The maximum Gasteiger partial charge on any atom is 0.0861 e. The Bertz CT molecular complexity index is 550. The molecular weight excluding hydrogens is 236 g/mol. The number of rotatable bonds is 5. The second-order valence-electron chi connectivity index (χ2n) is 4.34. The molecule has 0 saturated carbocycles. The number of aromatic nitrogens is 1. The number of hydrogen-bond donors (Lipinski definition) is 2. The SMILES string of the molecule is Nc1c(CCCO)ccnc1C=Cc1ccccc1. The summed E-state index contributed by atoms with van der Waals surface area (Å²) >= 11 is 0. The van der Waals surface area contributed by atoms with Crippen molar-refractivity contribution in [3.05, 3.63) is 59.4 Å². The number of nitrogens with zero attached hydrogens (tertiary/aromatic N) is 1. The predicted octanol–water partition coefficient (Wildman–Crippen LogP) is 2.76. The van der Waals surface area contributed by atoms with Crippen molar-refractivity contribution in [1.29, 1.82) is 0 Å². The summed E-state index contributed by atoms with van der Waals surface area (Å²) in [5.74, 6) is 0. The lowest BCUT2D eigenvalue weighted by molar-refractivity contribution is 0.288. The number of aliphatic hydroxyl groups is 1. The number of aryl methyl sites for hydroxylation is 1. The Morgan fingerprint density at radius 2 is 1.89 bits per heavy atom. The third-order valence-corrected chi connectivity index (χ3v) is 2.95. The number of hydrogen-bond acceptors (Lipinski definition) is 3. The molecule has 1 aromatic carbocycles. The molecule has 0 spiro atoms. The molecule has 2 rings (SSSR count). The molecule has 1 heterocycles. The summed E-state index contributed by atoms with van der Waals surface area (Å²) in [5.41, 5.74) is 9.72. The standard InChI is InChI=1S/C16H18N2O/c17-16-14(7-4-12-19)10-11-18-15(16)9-8-13-5-2-1-3-6-13/h1-3,5-6,8-11,19H,4,7,12,17H2. The van der Waals surface area contributed by atoms with Gasteiger partial charge in [0.1, 0.15) is 0 Å². The number of benzene rings is 1. The van der Waals surface area contributed by atoms with E-state index in [-0.39, 0.29) is 6.61 Å². The highest BCUT2D eigenvalue weighted by molar-refractivity contribution is 5.74. The Morgan fingerprint density at radius 3 is 2.63 bits per heavy atom. The maximum atomic E-state index is 8.87. The fourth-order valence-electron chi connectivity index (χ4n) is 1.89. The van der Waals surface area contributed by atoms with E-state index in [1.54, 1.807) is 6.20 Å². The predicted molar refractivity (Wildman–Crippen MR) is 79.4 cm³/mol. The molecule has 3 heteroatoms. The van der Waals surface area contributed by atoms with Gasteiger partial charge in [0, 0.05) is 12.8 Å². The van der Waals surface area contributed by atoms with Crippen LogP contribution in [0.15, 0.2) is 42.6 Å². The van der Waals surface area contributed by atoms with Crippen molar-refractivity contribution < 1.29 is 5.11 Å². The molecule has 1 aromatic heterocycles. The highest BCUT2D eigenvalue weighted by Crippen LogP contribution is 2.19. The van der Waals surface area contributed by atoms with Crippen molar-refractivity contribution in [3.8, 4) is 0 Å². The van der Waals surface area contributed by atoms with Gasteiger partial charge < -0.3 is 10.8 Å². The fourth-order valence-corrected chi connectivity index (χ4v) is 1.89. The third-order valence-electron chi connectivity index (χ3n) is 2.95. The van der Waals surface area contributed by atoms with Gasteiger partial charge in [-0.1, -0.05) is 36.4 Å². The molecule has 2 aromatic rings. The maximum absolute atomic E-state index is 8.87. The van der Waals surface area contributed by atoms with Crippen molar-refractivity contribution >= 4 is 17.8 Å². The van der Waals surface area contributed by atoms with Gasteiger partial charge in [-0.2, -0.15) is 0 Å². The van der Waals surface area contributed by atoms with Gasteiger partial charge >= 0.3 is 0 Å². The zero-order valence-corrected chi connectivity index (χ0v) is 10.8. The first-order valence-electron chi connectivity index (χ1n) is 6.38. The van der Waals surface area contributed by atoms with Crippen LogP contribution in [-0.2, 0) is 6.42 Å². The van der Waals surface area contributed by atoms with Crippen LogP contribution < -0.4 is 5.73 Å². The van der Waals surface area contributed by atoms with Crippen LogP contribution in [0.1, 0.15) is 23.2 Å². The summed E-state index contributed by atoms with van der Waals surface area (Å²) in [4.78, 5) is 4.29. The quantitative estimate of drug-likeness (QED) is 0.862. The Labute approximate surface area is 113 Å². The Balaban J connectivity index is 2.19. The molecule has 0 amide bonds. The van der Waals surface area contributed by atoms with Crippen molar-refractivity contribution in [2.24, 2.45) is 0 Å². The van der Waals surface area contributed by atoms with Gasteiger partial charge in [-0.25, -0.2) is 0 Å². The highest BCUT2D eigenvalue weighted by Gasteiger charge is 2.03. The first-order chi connectivity index (χ1) is 9.31. The van der Waals surface area contributed by atoms with Crippen molar-refractivity contribution in [2.75, 3.05) is 12.3 Å². The van der Waals surface area contributed by atoms with Gasteiger partial charge in [0.15, 0.2) is 0 Å². The van der Waals surface area contributed by atoms with Gasteiger partial charge in [0.05, 0.1) is 11.4 Å². The second kappa shape index (κ2) is 6.71. The van der Waals surface area contributed by atoms with E-state index >= 15 is 0 Å². The Hall–Kier alpha value is -2.13. The van der Waals surface area contributed by atoms with E-state index in [2.05, 4.69) is 4.98 Å². The molecule has 0 aliphatic rings. The molecule has 0 atom stereocenters. The Morgan fingerprint density at radius 1 is 1.11 bits per heavy atom. The number of aliphatic hydroxyl groups excluding tert-OH is 1. The number of nitrogen functional groups attached to an aromatic ring is 1. The lowest BCUT2D eigenvalue weighted by Gasteiger charge is -2.06. The average molecular weight is 254 g/mol. The summed E-state index contributed by atoms with van der Waals surface area (Å²) in [7, 11) is 0. The van der Waals surface area contributed by atoms with Crippen molar-refractivity contribution in [2.45, 2.75) is 12.8 Å². The summed E-state index contributed by atoms with van der Waals surface area (Å²) in [5, 5.41) is 8.87. The van der Waals surface area contributed by atoms with E-state index in [1.807, 2.05) is 48.6 Å². The third kappa shape index (κ3) is 3.66. The molecule has 0 saturated heterocycles. The summed E-state index contributed by atoms with van der Waals surface area (Å²) in [6.45, 7) is 0.178. The first-order valence-corrected chi connectivity index (χ1v) is 6.38. The van der Waals surface area contributed by atoms with Crippen LogP contribution in [0.25, 0.3) is 12.2 Å². The molecule has 0 radical (unpaired) electrons. The number of pyridine rings is 1. The molecule has 19 heavy (non-hydrogen) atoms. The fraction of sp³-hybridized carbons (Fsp3) is 0.188. The molecular formula is C16H18N2O. The molecule has 0 fully saturated rings. The molecule has 0 unspecified atom stereocenters. The first kappa shape index (κ1) is 13.3. The molecule has 3 nitrogen and oxygen atoms in total. The van der Waals surface area contributed by atoms with Crippen LogP contribution in [0.3, 0.4) is 0 Å². The smallest absolute Gasteiger partial charge is 0.0861 e. The lowest BCUT2D eigenvalue weighted by atomic mass is 10.1. The molecule has 3 N–H and O–H groups in total. The lowest BCUT2D eigenvalue weighted by Crippen LogP contribution is -2.00. The summed E-state index contributed by atoms with van der Waals surface area (Å²) in [6.07, 6.45) is 7.17. The van der Waals surface area contributed by atoms with Crippen LogP contribution in [0.5, 0.6) is 0 Å². The number of anilines is 1. The molecule has 0 bridgehead atoms. The highest BCUT2D eigenvalue weighted by atomic mass is 16.2. The van der Waals surface area contributed by atoms with Gasteiger partial charge in [-0.15, -0.1) is 0 Å². The minimum absolute atomic E-state index is 0.178.